The SMILES string of the molecule is NC(Cc1ccc(-c2ccc(F)c(Cl)c2)o1)C(=O)O. The minimum Gasteiger partial charge on any atom is -0.480 e. The largest absolute Gasteiger partial charge is 0.480 e. The molecule has 6 heteroatoms. The van der Waals surface area contributed by atoms with E-state index in [-0.39, 0.29) is 11.4 Å². The van der Waals surface area contributed by atoms with Crippen LogP contribution in [0.5, 0.6) is 0 Å². The van der Waals surface area contributed by atoms with E-state index in [1.54, 1.807) is 12.1 Å². The third-order valence-electron chi connectivity index (χ3n) is 2.60. The van der Waals surface area contributed by atoms with E-state index < -0.39 is 17.8 Å². The van der Waals surface area contributed by atoms with Crippen molar-refractivity contribution in [2.24, 2.45) is 5.73 Å². The van der Waals surface area contributed by atoms with Crippen LogP contribution in [-0.4, -0.2) is 17.1 Å². The van der Waals surface area contributed by atoms with Gasteiger partial charge in [-0.15, -0.1) is 0 Å². The quantitative estimate of drug-likeness (QED) is 0.904. The van der Waals surface area contributed by atoms with Gasteiger partial charge in [0.05, 0.1) is 5.02 Å². The summed E-state index contributed by atoms with van der Waals surface area (Å²) in [6.45, 7) is 0. The molecule has 0 amide bonds. The topological polar surface area (TPSA) is 76.5 Å². The number of nitrogens with two attached hydrogens (primary N) is 1. The fourth-order valence-electron chi connectivity index (χ4n) is 1.60. The lowest BCUT2D eigenvalue weighted by Crippen LogP contribution is -2.32. The Labute approximate surface area is 113 Å². The summed E-state index contributed by atoms with van der Waals surface area (Å²) in [5.41, 5.74) is 6.02. The van der Waals surface area contributed by atoms with Gasteiger partial charge in [-0.25, -0.2) is 4.39 Å². The fourth-order valence-corrected chi connectivity index (χ4v) is 1.78. The van der Waals surface area contributed by atoms with E-state index in [1.807, 2.05) is 0 Å². The third-order valence-corrected chi connectivity index (χ3v) is 2.89. The number of carboxylic acids is 1. The second kappa shape index (κ2) is 5.42. The normalized spacial score (nSPS) is 12.4. The van der Waals surface area contributed by atoms with E-state index in [2.05, 4.69) is 0 Å². The Morgan fingerprint density at radius 3 is 2.79 bits per heavy atom. The first-order valence-electron chi connectivity index (χ1n) is 5.50. The van der Waals surface area contributed by atoms with Crippen molar-refractivity contribution in [2.45, 2.75) is 12.5 Å². The molecule has 0 bridgehead atoms. The Bertz CT molecular complexity index is 612. The average molecular weight is 284 g/mol. The predicted molar refractivity (Wildman–Crippen MR) is 68.4 cm³/mol. The van der Waals surface area contributed by atoms with Gasteiger partial charge >= 0.3 is 5.97 Å². The average Bonchev–Trinajstić information content (AvgIpc) is 2.81. The Balaban J connectivity index is 2.20. The summed E-state index contributed by atoms with van der Waals surface area (Å²) in [4.78, 5) is 10.6. The second-order valence-electron chi connectivity index (χ2n) is 4.04. The zero-order valence-corrected chi connectivity index (χ0v) is 10.5. The van der Waals surface area contributed by atoms with Crippen molar-refractivity contribution in [3.8, 4) is 11.3 Å². The smallest absolute Gasteiger partial charge is 0.320 e. The van der Waals surface area contributed by atoms with Crippen LogP contribution < -0.4 is 5.73 Å². The maximum atomic E-state index is 13.0. The van der Waals surface area contributed by atoms with Gasteiger partial charge in [0.15, 0.2) is 0 Å². The lowest BCUT2D eigenvalue weighted by molar-refractivity contribution is -0.138. The van der Waals surface area contributed by atoms with Crippen LogP contribution >= 0.6 is 11.6 Å². The molecule has 0 aliphatic carbocycles. The molecule has 0 radical (unpaired) electrons. The van der Waals surface area contributed by atoms with Crippen LogP contribution in [0.25, 0.3) is 11.3 Å². The number of furan rings is 1. The number of rotatable bonds is 4. The molecule has 100 valence electrons. The highest BCUT2D eigenvalue weighted by Crippen LogP contribution is 2.26. The van der Waals surface area contributed by atoms with Crippen molar-refractivity contribution in [1.29, 1.82) is 0 Å². The minimum absolute atomic E-state index is 0.00214. The molecule has 1 aromatic carbocycles. The zero-order valence-electron chi connectivity index (χ0n) is 9.77. The van der Waals surface area contributed by atoms with Gasteiger partial charge in [-0.2, -0.15) is 0 Å². The lowest BCUT2D eigenvalue weighted by atomic mass is 10.1. The molecule has 0 saturated carbocycles. The first-order chi connectivity index (χ1) is 8.97. The first-order valence-corrected chi connectivity index (χ1v) is 5.87. The number of aliphatic carboxylic acids is 1. The van der Waals surface area contributed by atoms with Gasteiger partial charge in [0.2, 0.25) is 0 Å². The summed E-state index contributed by atoms with van der Waals surface area (Å²) in [5, 5.41) is 8.71. The van der Waals surface area contributed by atoms with Gasteiger partial charge in [-0.05, 0) is 30.3 Å². The predicted octanol–water partition coefficient (Wildman–Crippen LogP) is 2.69. The number of halogens is 2. The van der Waals surface area contributed by atoms with E-state index >= 15 is 0 Å². The molecule has 0 aliphatic heterocycles. The van der Waals surface area contributed by atoms with Gasteiger partial charge in [0, 0.05) is 12.0 Å². The van der Waals surface area contributed by atoms with Crippen LogP contribution in [0.1, 0.15) is 5.76 Å². The molecule has 1 aromatic heterocycles. The highest BCUT2D eigenvalue weighted by Gasteiger charge is 2.15. The first kappa shape index (κ1) is 13.6. The van der Waals surface area contributed by atoms with Crippen molar-refractivity contribution >= 4 is 17.6 Å². The van der Waals surface area contributed by atoms with Crippen LogP contribution in [0, 0.1) is 5.82 Å². The minimum atomic E-state index is -1.09. The third kappa shape index (κ3) is 3.13. The van der Waals surface area contributed by atoms with Crippen molar-refractivity contribution in [2.75, 3.05) is 0 Å². The molecule has 0 fully saturated rings. The van der Waals surface area contributed by atoms with Gasteiger partial charge in [0.1, 0.15) is 23.4 Å². The highest BCUT2D eigenvalue weighted by atomic mass is 35.5. The van der Waals surface area contributed by atoms with Gasteiger partial charge in [0.25, 0.3) is 0 Å². The summed E-state index contributed by atoms with van der Waals surface area (Å²) >= 11 is 5.68. The Morgan fingerprint density at radius 2 is 2.16 bits per heavy atom. The molecule has 2 aromatic rings. The van der Waals surface area contributed by atoms with Gasteiger partial charge in [-0.3, -0.25) is 4.79 Å². The fraction of sp³-hybridized carbons (Fsp3) is 0.154. The second-order valence-corrected chi connectivity index (χ2v) is 4.45. The number of carboxylic acid groups (broad SMARTS) is 1. The zero-order chi connectivity index (χ0) is 14.0. The number of hydrogen-bond acceptors (Lipinski definition) is 3. The summed E-state index contributed by atoms with van der Waals surface area (Å²) in [6.07, 6.45) is 0.0876. The molecule has 0 saturated heterocycles. The van der Waals surface area contributed by atoms with Crippen molar-refractivity contribution in [3.05, 3.63) is 46.9 Å². The molecule has 1 heterocycles. The molecule has 2 rings (SSSR count). The molecular formula is C13H11ClFNO3. The molecule has 0 aliphatic rings. The monoisotopic (exact) mass is 283 g/mol. The lowest BCUT2D eigenvalue weighted by Gasteiger charge is -2.03. The Kier molecular flexibility index (Phi) is 3.87. The summed E-state index contributed by atoms with van der Waals surface area (Å²) in [6, 6.07) is 6.49. The summed E-state index contributed by atoms with van der Waals surface area (Å²) in [5.74, 6) is -0.673. The summed E-state index contributed by atoms with van der Waals surface area (Å²) < 4.78 is 18.5. The van der Waals surface area contributed by atoms with Crippen LogP contribution in [0.2, 0.25) is 5.02 Å². The molecule has 4 nitrogen and oxygen atoms in total. The van der Waals surface area contributed by atoms with Crippen molar-refractivity contribution in [1.82, 2.24) is 0 Å². The Hall–Kier alpha value is -1.85. The van der Waals surface area contributed by atoms with E-state index in [0.29, 0.717) is 17.1 Å². The molecule has 1 unspecified atom stereocenters. The maximum Gasteiger partial charge on any atom is 0.320 e. The van der Waals surface area contributed by atoms with Crippen molar-refractivity contribution in [3.63, 3.8) is 0 Å². The summed E-state index contributed by atoms with van der Waals surface area (Å²) in [7, 11) is 0. The molecule has 0 spiro atoms. The molecule has 3 N–H and O–H groups in total. The standard InChI is InChI=1S/C13H11ClFNO3/c14-9-5-7(1-3-10(9)15)12-4-2-8(19-12)6-11(16)13(17)18/h1-5,11H,6,16H2,(H,17,18). The highest BCUT2D eigenvalue weighted by molar-refractivity contribution is 6.31. The molecular weight excluding hydrogens is 273 g/mol. The Morgan fingerprint density at radius 1 is 1.42 bits per heavy atom. The van der Waals surface area contributed by atoms with E-state index in [0.717, 1.165) is 0 Å². The van der Waals surface area contributed by atoms with Gasteiger partial charge in [-0.1, -0.05) is 11.6 Å². The van der Waals surface area contributed by atoms with Crippen LogP contribution in [0.4, 0.5) is 4.39 Å². The van der Waals surface area contributed by atoms with E-state index in [9.17, 15) is 9.18 Å². The number of benzene rings is 1. The number of carbonyl (C=O) groups is 1. The van der Waals surface area contributed by atoms with Gasteiger partial charge < -0.3 is 15.3 Å². The number of hydrogen-bond donors (Lipinski definition) is 2. The maximum absolute atomic E-state index is 13.0. The van der Waals surface area contributed by atoms with E-state index in [1.165, 1.54) is 18.2 Å². The van der Waals surface area contributed by atoms with Crippen LogP contribution in [-0.2, 0) is 11.2 Å². The van der Waals surface area contributed by atoms with E-state index in [4.69, 9.17) is 26.9 Å². The van der Waals surface area contributed by atoms with Crippen LogP contribution in [0.3, 0.4) is 0 Å². The van der Waals surface area contributed by atoms with Crippen LogP contribution in [0.15, 0.2) is 34.7 Å². The molecule has 19 heavy (non-hydrogen) atoms. The van der Waals surface area contributed by atoms with Crippen molar-refractivity contribution < 1.29 is 18.7 Å². The molecule has 1 atom stereocenters.